The fraction of sp³-hybridized carbons (Fsp3) is 0.385. The zero-order chi connectivity index (χ0) is 15.6. The number of hydrogen-bond donors (Lipinski definition) is 2. The molecular formula is C13H16F3N5. The van der Waals surface area contributed by atoms with Crippen molar-refractivity contribution >= 4 is 11.6 Å². The van der Waals surface area contributed by atoms with Gasteiger partial charge < -0.3 is 11.1 Å². The van der Waals surface area contributed by atoms with Crippen molar-refractivity contribution in [1.29, 1.82) is 0 Å². The van der Waals surface area contributed by atoms with Crippen LogP contribution in [0.4, 0.5) is 24.8 Å². The zero-order valence-electron chi connectivity index (χ0n) is 11.7. The van der Waals surface area contributed by atoms with Crippen molar-refractivity contribution in [3.8, 4) is 11.4 Å². The number of nitrogens with two attached hydrogens (primary N) is 1. The first-order valence-electron chi connectivity index (χ1n) is 6.52. The fourth-order valence-corrected chi connectivity index (χ4v) is 2.02. The van der Waals surface area contributed by atoms with Gasteiger partial charge in [0.1, 0.15) is 0 Å². The van der Waals surface area contributed by atoms with Crippen molar-refractivity contribution in [2.75, 3.05) is 17.6 Å². The molecule has 0 aliphatic heterocycles. The first kappa shape index (κ1) is 15.1. The Balaban J connectivity index is 2.56. The Bertz CT molecular complexity index is 633. The Morgan fingerprint density at radius 1 is 1.24 bits per heavy atom. The standard InChI is InChI=1S/C13H16F3N5/c1-3-18-12-20-19-11(21(12)4-2)9-7-8(13(14,15)16)5-6-10(9)17/h5-7H,3-4,17H2,1-2H3,(H,18,20). The molecule has 0 fully saturated rings. The third-order valence-corrected chi connectivity index (χ3v) is 3.02. The molecule has 0 atom stereocenters. The molecule has 5 nitrogen and oxygen atoms in total. The van der Waals surface area contributed by atoms with Crippen LogP contribution in [0.15, 0.2) is 18.2 Å². The van der Waals surface area contributed by atoms with E-state index in [2.05, 4.69) is 15.5 Å². The van der Waals surface area contributed by atoms with Gasteiger partial charge in [-0.3, -0.25) is 4.57 Å². The molecule has 2 aromatic rings. The highest BCUT2D eigenvalue weighted by molar-refractivity contribution is 5.73. The average molecular weight is 299 g/mol. The second-order valence-electron chi connectivity index (χ2n) is 4.42. The lowest BCUT2D eigenvalue weighted by Gasteiger charge is -2.12. The number of nitrogens with zero attached hydrogens (tertiary/aromatic N) is 3. The smallest absolute Gasteiger partial charge is 0.398 e. The summed E-state index contributed by atoms with van der Waals surface area (Å²) < 4.78 is 40.2. The second-order valence-corrected chi connectivity index (χ2v) is 4.42. The highest BCUT2D eigenvalue weighted by atomic mass is 19.4. The summed E-state index contributed by atoms with van der Waals surface area (Å²) in [4.78, 5) is 0. The van der Waals surface area contributed by atoms with Crippen LogP contribution < -0.4 is 11.1 Å². The summed E-state index contributed by atoms with van der Waals surface area (Å²) in [6, 6.07) is 3.19. The Labute approximate surface area is 120 Å². The van der Waals surface area contributed by atoms with Crippen LogP contribution in [-0.4, -0.2) is 21.3 Å². The summed E-state index contributed by atoms with van der Waals surface area (Å²) in [5, 5.41) is 10.9. The minimum Gasteiger partial charge on any atom is -0.398 e. The molecule has 0 bridgehead atoms. The van der Waals surface area contributed by atoms with Crippen molar-refractivity contribution in [2.45, 2.75) is 26.6 Å². The summed E-state index contributed by atoms with van der Waals surface area (Å²) in [5.41, 5.74) is 5.50. The number of nitrogens with one attached hydrogen (secondary N) is 1. The molecule has 21 heavy (non-hydrogen) atoms. The van der Waals surface area contributed by atoms with Gasteiger partial charge in [-0.2, -0.15) is 13.2 Å². The highest BCUT2D eigenvalue weighted by Crippen LogP contribution is 2.35. The van der Waals surface area contributed by atoms with E-state index in [0.29, 0.717) is 24.9 Å². The van der Waals surface area contributed by atoms with Gasteiger partial charge in [-0.05, 0) is 32.0 Å². The molecule has 0 aliphatic rings. The predicted molar refractivity (Wildman–Crippen MR) is 74.7 cm³/mol. The molecule has 0 saturated heterocycles. The molecule has 0 unspecified atom stereocenters. The molecule has 3 N–H and O–H groups in total. The molecule has 1 heterocycles. The Hall–Kier alpha value is -2.25. The van der Waals surface area contributed by atoms with Gasteiger partial charge in [0.05, 0.1) is 5.56 Å². The lowest BCUT2D eigenvalue weighted by molar-refractivity contribution is -0.137. The molecule has 1 aromatic carbocycles. The van der Waals surface area contributed by atoms with Crippen LogP contribution in [0.2, 0.25) is 0 Å². The van der Waals surface area contributed by atoms with Crippen LogP contribution >= 0.6 is 0 Å². The maximum absolute atomic E-state index is 12.8. The SMILES string of the molecule is CCNc1nnc(-c2cc(C(F)(F)F)ccc2N)n1CC. The minimum absolute atomic E-state index is 0.225. The maximum Gasteiger partial charge on any atom is 0.416 e. The third-order valence-electron chi connectivity index (χ3n) is 3.02. The predicted octanol–water partition coefficient (Wildman–Crippen LogP) is 3.00. The van der Waals surface area contributed by atoms with Crippen molar-refractivity contribution in [1.82, 2.24) is 14.8 Å². The molecule has 1 aromatic heterocycles. The topological polar surface area (TPSA) is 68.8 Å². The van der Waals surface area contributed by atoms with Crippen molar-refractivity contribution in [2.24, 2.45) is 0 Å². The van der Waals surface area contributed by atoms with E-state index in [9.17, 15) is 13.2 Å². The summed E-state index contributed by atoms with van der Waals surface area (Å²) in [6.45, 7) is 4.90. The van der Waals surface area contributed by atoms with Crippen LogP contribution in [0.25, 0.3) is 11.4 Å². The maximum atomic E-state index is 12.8. The zero-order valence-corrected chi connectivity index (χ0v) is 11.7. The normalized spacial score (nSPS) is 11.7. The molecule has 8 heteroatoms. The van der Waals surface area contributed by atoms with Crippen LogP contribution in [0.5, 0.6) is 0 Å². The molecule has 0 saturated carbocycles. The summed E-state index contributed by atoms with van der Waals surface area (Å²) in [6.07, 6.45) is -4.43. The molecule has 0 radical (unpaired) electrons. The van der Waals surface area contributed by atoms with Gasteiger partial charge in [-0.25, -0.2) is 0 Å². The second kappa shape index (κ2) is 5.63. The monoisotopic (exact) mass is 299 g/mol. The minimum atomic E-state index is -4.43. The van der Waals surface area contributed by atoms with Gasteiger partial charge in [0.2, 0.25) is 5.95 Å². The lowest BCUT2D eigenvalue weighted by atomic mass is 10.1. The van der Waals surface area contributed by atoms with Crippen LogP contribution in [-0.2, 0) is 12.7 Å². The van der Waals surface area contributed by atoms with E-state index in [4.69, 9.17) is 5.73 Å². The van der Waals surface area contributed by atoms with Gasteiger partial charge >= 0.3 is 6.18 Å². The molecule has 0 spiro atoms. The molecule has 0 amide bonds. The lowest BCUT2D eigenvalue weighted by Crippen LogP contribution is -2.09. The molecule has 2 rings (SSSR count). The molecule has 114 valence electrons. The van der Waals surface area contributed by atoms with Crippen LogP contribution in [0.3, 0.4) is 0 Å². The Kier molecular flexibility index (Phi) is 4.06. The third kappa shape index (κ3) is 2.93. The number of rotatable bonds is 4. The first-order valence-corrected chi connectivity index (χ1v) is 6.52. The van der Waals surface area contributed by atoms with E-state index >= 15 is 0 Å². The Morgan fingerprint density at radius 2 is 1.95 bits per heavy atom. The number of benzene rings is 1. The van der Waals surface area contributed by atoms with Crippen molar-refractivity contribution in [3.05, 3.63) is 23.8 Å². The average Bonchev–Trinajstić information content (AvgIpc) is 2.81. The number of hydrogen-bond acceptors (Lipinski definition) is 4. The number of aromatic nitrogens is 3. The fourth-order valence-electron chi connectivity index (χ4n) is 2.02. The van der Waals surface area contributed by atoms with E-state index in [-0.39, 0.29) is 11.3 Å². The van der Waals surface area contributed by atoms with Crippen LogP contribution in [0, 0.1) is 0 Å². The van der Waals surface area contributed by atoms with Gasteiger partial charge in [0.25, 0.3) is 0 Å². The highest BCUT2D eigenvalue weighted by Gasteiger charge is 2.31. The van der Waals surface area contributed by atoms with Crippen LogP contribution in [0.1, 0.15) is 19.4 Å². The van der Waals surface area contributed by atoms with Gasteiger partial charge in [0, 0.05) is 24.3 Å². The summed E-state index contributed by atoms with van der Waals surface area (Å²) in [7, 11) is 0. The first-order chi connectivity index (χ1) is 9.88. The van der Waals surface area contributed by atoms with E-state index in [0.717, 1.165) is 12.1 Å². The van der Waals surface area contributed by atoms with E-state index in [1.165, 1.54) is 6.07 Å². The van der Waals surface area contributed by atoms with Crippen molar-refractivity contribution in [3.63, 3.8) is 0 Å². The number of nitrogen functional groups attached to an aromatic ring is 1. The van der Waals surface area contributed by atoms with Gasteiger partial charge in [-0.15, -0.1) is 10.2 Å². The molecular weight excluding hydrogens is 283 g/mol. The van der Waals surface area contributed by atoms with Gasteiger partial charge in [-0.1, -0.05) is 0 Å². The number of alkyl halides is 3. The largest absolute Gasteiger partial charge is 0.416 e. The number of halogens is 3. The van der Waals surface area contributed by atoms with Gasteiger partial charge in [0.15, 0.2) is 5.82 Å². The summed E-state index contributed by atoms with van der Waals surface area (Å²) >= 11 is 0. The Morgan fingerprint density at radius 3 is 2.52 bits per heavy atom. The number of anilines is 2. The van der Waals surface area contributed by atoms with E-state index < -0.39 is 11.7 Å². The molecule has 0 aliphatic carbocycles. The van der Waals surface area contributed by atoms with E-state index in [1.54, 1.807) is 4.57 Å². The summed E-state index contributed by atoms with van der Waals surface area (Å²) in [5.74, 6) is 0.823. The quantitative estimate of drug-likeness (QED) is 0.852. The van der Waals surface area contributed by atoms with E-state index in [1.807, 2.05) is 13.8 Å². The van der Waals surface area contributed by atoms with Crippen molar-refractivity contribution < 1.29 is 13.2 Å².